The summed E-state index contributed by atoms with van der Waals surface area (Å²) in [5, 5.41) is 0. The van der Waals surface area contributed by atoms with Gasteiger partial charge in [0.05, 0.1) is 22.7 Å². The van der Waals surface area contributed by atoms with E-state index in [1.807, 2.05) is 24.3 Å². The van der Waals surface area contributed by atoms with E-state index in [1.54, 1.807) is 30.3 Å². The number of anilines is 1. The topological polar surface area (TPSA) is 54.7 Å². The number of hydrogen-bond acceptors (Lipinski definition) is 3. The molecule has 0 spiro atoms. The summed E-state index contributed by atoms with van der Waals surface area (Å²) in [6.45, 7) is 3.31. The molecule has 0 aliphatic heterocycles. The van der Waals surface area contributed by atoms with E-state index in [4.69, 9.17) is 0 Å². The number of hydrogen-bond donors (Lipinski definition) is 0. The second-order valence-electron chi connectivity index (χ2n) is 7.73. The van der Waals surface area contributed by atoms with Crippen LogP contribution in [0, 0.1) is 12.7 Å². The van der Waals surface area contributed by atoms with Crippen LogP contribution in [0.5, 0.6) is 0 Å². The molecule has 2 aromatic heterocycles. The van der Waals surface area contributed by atoms with E-state index in [0.717, 1.165) is 16.1 Å². The van der Waals surface area contributed by atoms with Crippen LogP contribution in [0.1, 0.15) is 29.4 Å². The number of aromatic nitrogens is 2. The largest absolute Gasteiger partial charge is 0.419 e. The average molecular weight is 492 g/mol. The van der Waals surface area contributed by atoms with E-state index in [0.29, 0.717) is 29.9 Å². The van der Waals surface area contributed by atoms with Crippen molar-refractivity contribution in [3.63, 3.8) is 0 Å². The maximum absolute atomic E-state index is 14.3. The van der Waals surface area contributed by atoms with Crippen molar-refractivity contribution < 1.29 is 26.0 Å². The first-order valence-corrected chi connectivity index (χ1v) is 11.9. The molecule has 0 aliphatic carbocycles. The molecule has 0 aliphatic rings. The fourth-order valence-corrected chi connectivity index (χ4v) is 5.33. The lowest BCUT2D eigenvalue weighted by atomic mass is 10.1. The van der Waals surface area contributed by atoms with Gasteiger partial charge in [0.25, 0.3) is 10.0 Å². The van der Waals surface area contributed by atoms with E-state index in [9.17, 15) is 26.0 Å². The van der Waals surface area contributed by atoms with Crippen LogP contribution in [-0.4, -0.2) is 17.8 Å². The summed E-state index contributed by atoms with van der Waals surface area (Å²) in [5.41, 5.74) is 0.622. The average Bonchev–Trinajstić information content (AvgIpc) is 3.16. The molecule has 178 valence electrons. The summed E-state index contributed by atoms with van der Waals surface area (Å²) >= 11 is 0. The Balaban J connectivity index is 1.90. The number of nitrogens with zero attached hydrogens (tertiary/aromatic N) is 3. The monoisotopic (exact) mass is 491 g/mol. The zero-order chi connectivity index (χ0) is 24.7. The summed E-state index contributed by atoms with van der Waals surface area (Å²) in [6, 6.07) is 15.4. The molecular weight excluding hydrogens is 470 g/mol. The maximum atomic E-state index is 14.3. The lowest BCUT2D eigenvalue weighted by molar-refractivity contribution is -0.140. The molecule has 0 atom stereocenters. The highest BCUT2D eigenvalue weighted by Crippen LogP contribution is 2.34. The van der Waals surface area contributed by atoms with Crippen LogP contribution in [0.2, 0.25) is 0 Å². The molecule has 0 radical (unpaired) electrons. The summed E-state index contributed by atoms with van der Waals surface area (Å²) in [5.74, 6) is -1.33. The molecule has 2 heterocycles. The number of halogens is 4. The summed E-state index contributed by atoms with van der Waals surface area (Å²) in [7, 11) is -4.18. The quantitative estimate of drug-likeness (QED) is 0.323. The van der Waals surface area contributed by atoms with Crippen molar-refractivity contribution in [3.8, 4) is 0 Å². The first kappa shape index (κ1) is 23.7. The first-order valence-electron chi connectivity index (χ1n) is 10.4. The van der Waals surface area contributed by atoms with Gasteiger partial charge in [0.15, 0.2) is 5.82 Å². The minimum atomic E-state index is -4.85. The van der Waals surface area contributed by atoms with E-state index in [1.165, 1.54) is 12.1 Å². The van der Waals surface area contributed by atoms with Crippen LogP contribution in [-0.2, 0) is 29.2 Å². The van der Waals surface area contributed by atoms with Crippen molar-refractivity contribution >= 4 is 21.5 Å². The van der Waals surface area contributed by atoms with E-state index in [-0.39, 0.29) is 16.3 Å². The second kappa shape index (κ2) is 8.75. The molecular formula is C24H21F4N3O2S. The van der Waals surface area contributed by atoms with Gasteiger partial charge in [0, 0.05) is 5.69 Å². The number of alkyl halides is 3. The van der Waals surface area contributed by atoms with Gasteiger partial charge < -0.3 is 0 Å². The van der Waals surface area contributed by atoms with E-state index < -0.39 is 34.1 Å². The van der Waals surface area contributed by atoms with Gasteiger partial charge in [-0.25, -0.2) is 22.1 Å². The molecule has 0 saturated heterocycles. The zero-order valence-corrected chi connectivity index (χ0v) is 19.2. The van der Waals surface area contributed by atoms with Crippen molar-refractivity contribution in [3.05, 3.63) is 95.1 Å². The van der Waals surface area contributed by atoms with Gasteiger partial charge in [-0.2, -0.15) is 13.2 Å². The standard InChI is InChI=1S/C24H21F4N3O2S/c1-3-21-23(29-22-11-7-8-16(2)31(21)22)30(34(32,33)18-9-5-4-6-10-18)15-17-12-13-19(20(25)14-17)24(26,27)28/h4-14H,3,15H2,1-2H3. The summed E-state index contributed by atoms with van der Waals surface area (Å²) < 4.78 is 83.5. The minimum Gasteiger partial charge on any atom is -0.299 e. The van der Waals surface area contributed by atoms with E-state index >= 15 is 0 Å². The molecule has 4 aromatic rings. The van der Waals surface area contributed by atoms with Crippen molar-refractivity contribution in [2.24, 2.45) is 0 Å². The van der Waals surface area contributed by atoms with Gasteiger partial charge in [0.2, 0.25) is 0 Å². The Hall–Kier alpha value is -3.40. The van der Waals surface area contributed by atoms with Crippen LogP contribution in [0.15, 0.2) is 71.6 Å². The minimum absolute atomic E-state index is 0.0155. The van der Waals surface area contributed by atoms with Gasteiger partial charge in [0.1, 0.15) is 11.5 Å². The Bertz CT molecular complexity index is 1450. The third-order valence-corrected chi connectivity index (χ3v) is 7.23. The van der Waals surface area contributed by atoms with Crippen molar-refractivity contribution in [1.82, 2.24) is 9.38 Å². The number of rotatable bonds is 6. The van der Waals surface area contributed by atoms with Gasteiger partial charge >= 0.3 is 6.18 Å². The normalized spacial score (nSPS) is 12.3. The highest BCUT2D eigenvalue weighted by atomic mass is 32.2. The molecule has 0 bridgehead atoms. The highest BCUT2D eigenvalue weighted by molar-refractivity contribution is 7.92. The Morgan fingerprint density at radius 3 is 2.32 bits per heavy atom. The second-order valence-corrected chi connectivity index (χ2v) is 9.60. The number of pyridine rings is 1. The number of sulfonamides is 1. The zero-order valence-electron chi connectivity index (χ0n) is 18.3. The van der Waals surface area contributed by atoms with Gasteiger partial charge in [-0.05, 0) is 55.3 Å². The third kappa shape index (κ3) is 4.25. The molecule has 10 heteroatoms. The molecule has 0 amide bonds. The van der Waals surface area contributed by atoms with Gasteiger partial charge in [-0.15, -0.1) is 0 Å². The molecule has 0 fully saturated rings. The molecule has 2 aromatic carbocycles. The van der Waals surface area contributed by atoms with Crippen molar-refractivity contribution in [2.75, 3.05) is 4.31 Å². The molecule has 0 N–H and O–H groups in total. The Labute approximate surface area is 194 Å². The Morgan fingerprint density at radius 1 is 1.00 bits per heavy atom. The molecule has 5 nitrogen and oxygen atoms in total. The number of aryl methyl sites for hydroxylation is 2. The predicted octanol–water partition coefficient (Wildman–Crippen LogP) is 5.76. The lowest BCUT2D eigenvalue weighted by Crippen LogP contribution is -2.32. The van der Waals surface area contributed by atoms with Crippen LogP contribution in [0.3, 0.4) is 0 Å². The third-order valence-electron chi connectivity index (χ3n) is 5.48. The van der Waals surface area contributed by atoms with Crippen molar-refractivity contribution in [1.29, 1.82) is 0 Å². The maximum Gasteiger partial charge on any atom is 0.419 e. The summed E-state index contributed by atoms with van der Waals surface area (Å²) in [4.78, 5) is 4.53. The molecule has 34 heavy (non-hydrogen) atoms. The molecule has 0 unspecified atom stereocenters. The number of benzene rings is 2. The summed E-state index contributed by atoms with van der Waals surface area (Å²) in [6.07, 6.45) is -4.42. The van der Waals surface area contributed by atoms with Crippen LogP contribution >= 0.6 is 0 Å². The van der Waals surface area contributed by atoms with Gasteiger partial charge in [-0.3, -0.25) is 4.40 Å². The van der Waals surface area contributed by atoms with Crippen molar-refractivity contribution in [2.45, 2.75) is 37.9 Å². The predicted molar refractivity (Wildman–Crippen MR) is 121 cm³/mol. The SMILES string of the molecule is CCc1c(N(Cc2ccc(C(F)(F)F)c(F)c2)S(=O)(=O)c2ccccc2)nc2cccc(C)n12. The van der Waals surface area contributed by atoms with Crippen LogP contribution in [0.4, 0.5) is 23.4 Å². The molecule has 4 rings (SSSR count). The Morgan fingerprint density at radius 2 is 1.71 bits per heavy atom. The number of imidazole rings is 1. The fourth-order valence-electron chi connectivity index (χ4n) is 3.88. The van der Waals surface area contributed by atoms with Crippen LogP contribution < -0.4 is 4.31 Å². The van der Waals surface area contributed by atoms with Crippen LogP contribution in [0.25, 0.3) is 5.65 Å². The fraction of sp³-hybridized carbons (Fsp3) is 0.208. The van der Waals surface area contributed by atoms with Gasteiger partial charge in [-0.1, -0.05) is 37.3 Å². The first-order chi connectivity index (χ1) is 16.0. The smallest absolute Gasteiger partial charge is 0.299 e. The number of fused-ring (bicyclic) bond motifs is 1. The van der Waals surface area contributed by atoms with E-state index in [2.05, 4.69) is 4.98 Å². The lowest BCUT2D eigenvalue weighted by Gasteiger charge is -2.24. The molecule has 0 saturated carbocycles. The highest BCUT2D eigenvalue weighted by Gasteiger charge is 2.35. The Kier molecular flexibility index (Phi) is 6.11.